The number of rotatable bonds is 3. The molecule has 1 aromatic rings. The van der Waals surface area contributed by atoms with E-state index in [1.165, 1.54) is 0 Å². The van der Waals surface area contributed by atoms with Crippen LogP contribution in [0.4, 0.5) is 5.69 Å². The highest BCUT2D eigenvalue weighted by atomic mass is 35.5. The summed E-state index contributed by atoms with van der Waals surface area (Å²) in [5.74, 6) is 0.472. The molecule has 1 saturated heterocycles. The van der Waals surface area contributed by atoms with Gasteiger partial charge in [0.05, 0.1) is 5.02 Å². The lowest BCUT2D eigenvalue weighted by atomic mass is 10.3. The van der Waals surface area contributed by atoms with E-state index in [9.17, 15) is 4.79 Å². The van der Waals surface area contributed by atoms with Gasteiger partial charge < -0.3 is 20.3 Å². The number of carbonyl (C=O) groups is 1. The lowest BCUT2D eigenvalue weighted by Crippen LogP contribution is -2.48. The van der Waals surface area contributed by atoms with E-state index in [1.807, 2.05) is 11.9 Å². The van der Waals surface area contributed by atoms with Crippen molar-refractivity contribution in [2.75, 3.05) is 45.6 Å². The SMILES string of the molecule is CN1CCN(C(=O)COc2ccc(N)cc2Cl)CC1. The van der Waals surface area contributed by atoms with Crippen LogP contribution in [0.25, 0.3) is 0 Å². The van der Waals surface area contributed by atoms with Gasteiger partial charge in [0.2, 0.25) is 0 Å². The number of hydrogen-bond acceptors (Lipinski definition) is 4. The Morgan fingerprint density at radius 2 is 2.05 bits per heavy atom. The summed E-state index contributed by atoms with van der Waals surface area (Å²) in [7, 11) is 2.05. The summed E-state index contributed by atoms with van der Waals surface area (Å²) >= 11 is 5.98. The Balaban J connectivity index is 1.86. The van der Waals surface area contributed by atoms with E-state index in [-0.39, 0.29) is 12.5 Å². The average Bonchev–Trinajstić information content (AvgIpc) is 2.38. The normalized spacial score (nSPS) is 16.4. The number of nitrogens with two attached hydrogens (primary N) is 1. The first kappa shape index (κ1) is 14.0. The zero-order valence-corrected chi connectivity index (χ0v) is 11.7. The molecule has 0 saturated carbocycles. The lowest BCUT2D eigenvalue weighted by molar-refractivity contribution is -0.134. The molecule has 5 nitrogen and oxygen atoms in total. The molecule has 1 aromatic carbocycles. The third-order valence-electron chi connectivity index (χ3n) is 3.16. The van der Waals surface area contributed by atoms with Crippen molar-refractivity contribution in [1.82, 2.24) is 9.80 Å². The van der Waals surface area contributed by atoms with Crippen LogP contribution in [0.5, 0.6) is 5.75 Å². The van der Waals surface area contributed by atoms with Crippen molar-refractivity contribution >= 4 is 23.2 Å². The van der Waals surface area contributed by atoms with Crippen LogP contribution in [0, 0.1) is 0 Å². The molecule has 1 fully saturated rings. The second-order valence-electron chi connectivity index (χ2n) is 4.66. The van der Waals surface area contributed by atoms with Crippen LogP contribution in [-0.2, 0) is 4.79 Å². The summed E-state index contributed by atoms with van der Waals surface area (Å²) in [4.78, 5) is 16.0. The molecule has 0 bridgehead atoms. The van der Waals surface area contributed by atoms with E-state index >= 15 is 0 Å². The molecule has 0 spiro atoms. The van der Waals surface area contributed by atoms with Gasteiger partial charge in [-0.3, -0.25) is 4.79 Å². The number of hydrogen-bond donors (Lipinski definition) is 1. The first-order valence-electron chi connectivity index (χ1n) is 6.20. The molecule has 1 heterocycles. The number of ether oxygens (including phenoxy) is 1. The van der Waals surface area contributed by atoms with Gasteiger partial charge in [-0.15, -0.1) is 0 Å². The quantitative estimate of drug-likeness (QED) is 0.843. The van der Waals surface area contributed by atoms with E-state index < -0.39 is 0 Å². The predicted octanol–water partition coefficient (Wildman–Crippen LogP) is 1.07. The highest BCUT2D eigenvalue weighted by molar-refractivity contribution is 6.32. The van der Waals surface area contributed by atoms with Crippen molar-refractivity contribution in [3.8, 4) is 5.75 Å². The molecule has 1 aliphatic heterocycles. The molecule has 19 heavy (non-hydrogen) atoms. The summed E-state index contributed by atoms with van der Waals surface area (Å²) < 4.78 is 5.44. The molecule has 0 unspecified atom stereocenters. The van der Waals surface area contributed by atoms with Crippen LogP contribution in [0.3, 0.4) is 0 Å². The number of anilines is 1. The van der Waals surface area contributed by atoms with Crippen molar-refractivity contribution in [2.24, 2.45) is 0 Å². The minimum absolute atomic E-state index is 0.00729. The summed E-state index contributed by atoms with van der Waals surface area (Å²) in [5, 5.41) is 0.422. The van der Waals surface area contributed by atoms with Crippen LogP contribution in [0.15, 0.2) is 18.2 Å². The number of benzene rings is 1. The monoisotopic (exact) mass is 283 g/mol. The highest BCUT2D eigenvalue weighted by Crippen LogP contribution is 2.26. The Hall–Kier alpha value is -1.46. The first-order chi connectivity index (χ1) is 9.06. The van der Waals surface area contributed by atoms with Crippen molar-refractivity contribution in [3.05, 3.63) is 23.2 Å². The Morgan fingerprint density at radius 3 is 2.68 bits per heavy atom. The van der Waals surface area contributed by atoms with Gasteiger partial charge >= 0.3 is 0 Å². The Kier molecular flexibility index (Phi) is 4.50. The van der Waals surface area contributed by atoms with Gasteiger partial charge in [-0.05, 0) is 25.2 Å². The highest BCUT2D eigenvalue weighted by Gasteiger charge is 2.19. The maximum absolute atomic E-state index is 12.0. The smallest absolute Gasteiger partial charge is 0.260 e. The van der Waals surface area contributed by atoms with Crippen LogP contribution >= 0.6 is 11.6 Å². The number of nitrogens with zero attached hydrogens (tertiary/aromatic N) is 2. The number of likely N-dealkylation sites (N-methyl/N-ethyl adjacent to an activating group) is 1. The van der Waals surface area contributed by atoms with E-state index in [2.05, 4.69) is 4.90 Å². The molecule has 1 aliphatic rings. The van der Waals surface area contributed by atoms with E-state index in [0.29, 0.717) is 16.5 Å². The number of nitrogen functional groups attached to an aromatic ring is 1. The fourth-order valence-electron chi connectivity index (χ4n) is 1.92. The Bertz CT molecular complexity index is 459. The molecule has 0 radical (unpaired) electrons. The summed E-state index contributed by atoms with van der Waals surface area (Å²) in [6.07, 6.45) is 0. The number of carbonyl (C=O) groups excluding carboxylic acids is 1. The lowest BCUT2D eigenvalue weighted by Gasteiger charge is -2.32. The number of halogens is 1. The number of amides is 1. The van der Waals surface area contributed by atoms with Gasteiger partial charge in [0.25, 0.3) is 5.91 Å². The summed E-state index contributed by atoms with van der Waals surface area (Å²) in [6.45, 7) is 3.29. The first-order valence-corrected chi connectivity index (χ1v) is 6.58. The molecule has 0 atom stereocenters. The van der Waals surface area contributed by atoms with Crippen molar-refractivity contribution in [1.29, 1.82) is 0 Å². The minimum Gasteiger partial charge on any atom is -0.482 e. The van der Waals surface area contributed by atoms with Crippen LogP contribution in [-0.4, -0.2) is 55.5 Å². The van der Waals surface area contributed by atoms with Gasteiger partial charge in [-0.1, -0.05) is 11.6 Å². The van der Waals surface area contributed by atoms with Crippen LogP contribution in [0.2, 0.25) is 5.02 Å². The van der Waals surface area contributed by atoms with Crippen LogP contribution in [0.1, 0.15) is 0 Å². The second-order valence-corrected chi connectivity index (χ2v) is 5.07. The molecule has 6 heteroatoms. The molecule has 1 amide bonds. The zero-order valence-electron chi connectivity index (χ0n) is 10.9. The van der Waals surface area contributed by atoms with Gasteiger partial charge in [-0.2, -0.15) is 0 Å². The average molecular weight is 284 g/mol. The van der Waals surface area contributed by atoms with Gasteiger partial charge in [-0.25, -0.2) is 0 Å². The fraction of sp³-hybridized carbons (Fsp3) is 0.462. The third-order valence-corrected chi connectivity index (χ3v) is 3.46. The number of piperazine rings is 1. The third kappa shape index (κ3) is 3.75. The molecule has 104 valence electrons. The predicted molar refractivity (Wildman–Crippen MR) is 75.4 cm³/mol. The molecular formula is C13H18ClN3O2. The summed E-state index contributed by atoms with van der Waals surface area (Å²) in [5.41, 5.74) is 6.17. The van der Waals surface area contributed by atoms with E-state index in [4.69, 9.17) is 22.1 Å². The van der Waals surface area contributed by atoms with E-state index in [0.717, 1.165) is 26.2 Å². The van der Waals surface area contributed by atoms with Gasteiger partial charge in [0.1, 0.15) is 5.75 Å². The van der Waals surface area contributed by atoms with E-state index in [1.54, 1.807) is 18.2 Å². The van der Waals surface area contributed by atoms with Gasteiger partial charge in [0, 0.05) is 31.9 Å². The molecule has 2 rings (SSSR count). The molecule has 0 aliphatic carbocycles. The standard InChI is InChI=1S/C13H18ClN3O2/c1-16-4-6-17(7-5-16)13(18)9-19-12-3-2-10(15)8-11(12)14/h2-3,8H,4-7,9,15H2,1H3. The largest absolute Gasteiger partial charge is 0.482 e. The van der Waals surface area contributed by atoms with Crippen LogP contribution < -0.4 is 10.5 Å². The second kappa shape index (κ2) is 6.12. The molecule has 0 aromatic heterocycles. The van der Waals surface area contributed by atoms with Crippen molar-refractivity contribution in [3.63, 3.8) is 0 Å². The van der Waals surface area contributed by atoms with Crippen molar-refractivity contribution < 1.29 is 9.53 Å². The topological polar surface area (TPSA) is 58.8 Å². The Morgan fingerprint density at radius 1 is 1.37 bits per heavy atom. The summed E-state index contributed by atoms with van der Waals surface area (Å²) in [6, 6.07) is 4.98. The molecular weight excluding hydrogens is 266 g/mol. The van der Waals surface area contributed by atoms with Crippen molar-refractivity contribution in [2.45, 2.75) is 0 Å². The molecule has 2 N–H and O–H groups in total. The zero-order chi connectivity index (χ0) is 13.8. The minimum atomic E-state index is -0.0130. The maximum atomic E-state index is 12.0. The maximum Gasteiger partial charge on any atom is 0.260 e. The van der Waals surface area contributed by atoms with Gasteiger partial charge in [0.15, 0.2) is 6.61 Å². The fourth-order valence-corrected chi connectivity index (χ4v) is 2.16. The Labute approximate surface area is 117 Å².